The van der Waals surface area contributed by atoms with Crippen molar-refractivity contribution in [2.45, 2.75) is 25.8 Å². The third-order valence-corrected chi connectivity index (χ3v) is 6.71. The molecule has 1 saturated heterocycles. The molecule has 3 aliphatic rings. The molecule has 1 heterocycles. The van der Waals surface area contributed by atoms with E-state index in [1.54, 1.807) is 7.11 Å². The Bertz CT molecular complexity index is 714. The number of fused-ring (bicyclic) bond motifs is 2. The highest BCUT2D eigenvalue weighted by Crippen LogP contribution is 2.53. The Balaban J connectivity index is 1.35. The molecule has 2 bridgehead atoms. The van der Waals surface area contributed by atoms with Gasteiger partial charge < -0.3 is 14.7 Å². The first-order valence-electron chi connectivity index (χ1n) is 9.93. The van der Waals surface area contributed by atoms with Gasteiger partial charge in [-0.1, -0.05) is 12.1 Å². The summed E-state index contributed by atoms with van der Waals surface area (Å²) in [5, 5.41) is 9.61. The van der Waals surface area contributed by atoms with Gasteiger partial charge in [0.05, 0.1) is 18.9 Å². The molecule has 1 amide bonds. The zero-order valence-electron chi connectivity index (χ0n) is 15.8. The van der Waals surface area contributed by atoms with E-state index in [1.165, 1.54) is 5.56 Å². The maximum Gasteiger partial charge on any atom is 0.307 e. The molecule has 27 heavy (non-hydrogen) atoms. The topological polar surface area (TPSA) is 70.1 Å². The fourth-order valence-corrected chi connectivity index (χ4v) is 5.37. The van der Waals surface area contributed by atoms with Crippen molar-refractivity contribution in [1.29, 1.82) is 0 Å². The smallest absolute Gasteiger partial charge is 0.307 e. The van der Waals surface area contributed by atoms with Crippen molar-refractivity contribution in [3.8, 4) is 5.75 Å². The second-order valence-corrected chi connectivity index (χ2v) is 8.18. The van der Waals surface area contributed by atoms with Crippen LogP contribution in [-0.2, 0) is 16.1 Å². The summed E-state index contributed by atoms with van der Waals surface area (Å²) in [4.78, 5) is 29.0. The second kappa shape index (κ2) is 7.50. The summed E-state index contributed by atoms with van der Waals surface area (Å²) >= 11 is 0. The van der Waals surface area contributed by atoms with Crippen molar-refractivity contribution in [2.24, 2.45) is 23.7 Å². The minimum Gasteiger partial charge on any atom is -0.497 e. The first kappa shape index (κ1) is 18.3. The number of benzene rings is 1. The molecule has 0 radical (unpaired) electrons. The number of hydrogen-bond acceptors (Lipinski definition) is 4. The Labute approximate surface area is 160 Å². The van der Waals surface area contributed by atoms with Gasteiger partial charge in [0.1, 0.15) is 5.75 Å². The van der Waals surface area contributed by atoms with E-state index in [1.807, 2.05) is 23.1 Å². The van der Waals surface area contributed by atoms with Gasteiger partial charge in [-0.05, 0) is 48.8 Å². The van der Waals surface area contributed by atoms with Gasteiger partial charge in [-0.25, -0.2) is 0 Å². The van der Waals surface area contributed by atoms with E-state index in [9.17, 15) is 14.7 Å². The summed E-state index contributed by atoms with van der Waals surface area (Å²) in [6.07, 6.45) is 2.91. The van der Waals surface area contributed by atoms with Crippen molar-refractivity contribution >= 4 is 11.9 Å². The van der Waals surface area contributed by atoms with E-state index < -0.39 is 11.9 Å². The average molecular weight is 372 g/mol. The lowest BCUT2D eigenvalue weighted by molar-refractivity contribution is -0.153. The van der Waals surface area contributed by atoms with Crippen molar-refractivity contribution in [3.63, 3.8) is 0 Å². The van der Waals surface area contributed by atoms with E-state index in [0.29, 0.717) is 13.1 Å². The number of rotatable bonds is 5. The van der Waals surface area contributed by atoms with Crippen LogP contribution in [0, 0.1) is 23.7 Å². The molecule has 1 aromatic rings. The minimum atomic E-state index is -0.780. The van der Waals surface area contributed by atoms with Crippen LogP contribution in [0.4, 0.5) is 0 Å². The van der Waals surface area contributed by atoms with Gasteiger partial charge in [-0.2, -0.15) is 0 Å². The van der Waals surface area contributed by atoms with Gasteiger partial charge in [0.2, 0.25) is 5.91 Å². The third kappa shape index (κ3) is 3.55. The number of carboxylic acid groups (broad SMARTS) is 1. The molecular weight excluding hydrogens is 344 g/mol. The molecule has 1 aliphatic heterocycles. The van der Waals surface area contributed by atoms with Crippen LogP contribution in [0.25, 0.3) is 0 Å². The van der Waals surface area contributed by atoms with E-state index in [4.69, 9.17) is 4.74 Å². The molecule has 4 atom stereocenters. The Morgan fingerprint density at radius 1 is 1.11 bits per heavy atom. The Morgan fingerprint density at radius 3 is 2.48 bits per heavy atom. The number of carbonyl (C=O) groups excluding carboxylic acids is 1. The fourth-order valence-electron chi connectivity index (χ4n) is 5.37. The highest BCUT2D eigenvalue weighted by Gasteiger charge is 2.54. The van der Waals surface area contributed by atoms with Gasteiger partial charge in [0.25, 0.3) is 0 Å². The van der Waals surface area contributed by atoms with Crippen LogP contribution in [0.1, 0.15) is 24.8 Å². The average Bonchev–Trinajstić information content (AvgIpc) is 3.29. The van der Waals surface area contributed by atoms with Crippen LogP contribution >= 0.6 is 0 Å². The SMILES string of the molecule is COc1cccc(CN2CCN(C(=O)[C@@H]3[C@@H]4CC[C@@H](C4)[C@@H]3C(=O)O)CC2)c1. The van der Waals surface area contributed by atoms with Crippen LogP contribution in [0.3, 0.4) is 0 Å². The molecule has 146 valence electrons. The quantitative estimate of drug-likeness (QED) is 0.857. The number of aliphatic carboxylic acids is 1. The van der Waals surface area contributed by atoms with Gasteiger partial charge in [-0.3, -0.25) is 14.5 Å². The lowest BCUT2D eigenvalue weighted by Gasteiger charge is -2.38. The van der Waals surface area contributed by atoms with E-state index >= 15 is 0 Å². The summed E-state index contributed by atoms with van der Waals surface area (Å²) in [6.45, 7) is 3.85. The van der Waals surface area contributed by atoms with Crippen LogP contribution < -0.4 is 4.74 Å². The van der Waals surface area contributed by atoms with E-state index in [2.05, 4.69) is 11.0 Å². The zero-order chi connectivity index (χ0) is 19.0. The van der Waals surface area contributed by atoms with Gasteiger partial charge in [-0.15, -0.1) is 0 Å². The lowest BCUT2D eigenvalue weighted by atomic mass is 9.78. The normalized spacial score (nSPS) is 30.5. The number of methoxy groups -OCH3 is 1. The van der Waals surface area contributed by atoms with E-state index in [-0.39, 0.29) is 23.7 Å². The molecule has 6 nitrogen and oxygen atoms in total. The summed E-state index contributed by atoms with van der Waals surface area (Å²) in [7, 11) is 1.67. The zero-order valence-corrected chi connectivity index (χ0v) is 15.8. The maximum absolute atomic E-state index is 13.1. The van der Waals surface area contributed by atoms with Crippen LogP contribution in [-0.4, -0.2) is 60.1 Å². The van der Waals surface area contributed by atoms with Gasteiger partial charge >= 0.3 is 5.97 Å². The van der Waals surface area contributed by atoms with Crippen LogP contribution in [0.5, 0.6) is 5.75 Å². The number of hydrogen-bond donors (Lipinski definition) is 1. The number of carboxylic acids is 1. The second-order valence-electron chi connectivity index (χ2n) is 8.18. The molecule has 0 spiro atoms. The molecule has 1 N–H and O–H groups in total. The molecule has 2 saturated carbocycles. The first-order chi connectivity index (χ1) is 13.1. The van der Waals surface area contributed by atoms with Gasteiger partial charge in [0.15, 0.2) is 0 Å². The summed E-state index contributed by atoms with van der Waals surface area (Å²) in [5.41, 5.74) is 1.20. The van der Waals surface area contributed by atoms with Gasteiger partial charge in [0, 0.05) is 32.7 Å². The highest BCUT2D eigenvalue weighted by atomic mass is 16.5. The predicted molar refractivity (Wildman–Crippen MR) is 100 cm³/mol. The monoisotopic (exact) mass is 372 g/mol. The molecule has 3 fully saturated rings. The lowest BCUT2D eigenvalue weighted by Crippen LogP contribution is -2.52. The largest absolute Gasteiger partial charge is 0.497 e. The third-order valence-electron chi connectivity index (χ3n) is 6.71. The molecular formula is C21H28N2O4. The number of piperazine rings is 1. The summed E-state index contributed by atoms with van der Waals surface area (Å²) in [5.74, 6) is -0.128. The maximum atomic E-state index is 13.1. The fraction of sp³-hybridized carbons (Fsp3) is 0.619. The molecule has 0 aromatic heterocycles. The standard InChI is InChI=1S/C21H28N2O4/c1-27-17-4-2-3-14(11-17)13-22-7-9-23(10-8-22)20(24)18-15-5-6-16(12-15)19(18)21(25)26/h2-4,11,15-16,18-19H,5-10,12-13H2,1H3,(H,25,26)/t15-,16+,18-,19+/m1/s1. The molecule has 4 rings (SSSR count). The van der Waals surface area contributed by atoms with Crippen LogP contribution in [0.15, 0.2) is 24.3 Å². The first-order valence-corrected chi connectivity index (χ1v) is 9.93. The molecule has 1 aromatic carbocycles. The number of carbonyl (C=O) groups is 2. The molecule has 6 heteroatoms. The number of amides is 1. The predicted octanol–water partition coefficient (Wildman–Crippen LogP) is 2.09. The number of ether oxygens (including phenoxy) is 1. The molecule has 0 unspecified atom stereocenters. The van der Waals surface area contributed by atoms with E-state index in [0.717, 1.165) is 44.6 Å². The van der Waals surface area contributed by atoms with Crippen molar-refractivity contribution < 1.29 is 19.4 Å². The highest BCUT2D eigenvalue weighted by molar-refractivity contribution is 5.86. The minimum absolute atomic E-state index is 0.0793. The Morgan fingerprint density at radius 2 is 1.81 bits per heavy atom. The Hall–Kier alpha value is -2.08. The summed E-state index contributed by atoms with van der Waals surface area (Å²) in [6, 6.07) is 8.07. The number of nitrogens with zero attached hydrogens (tertiary/aromatic N) is 2. The van der Waals surface area contributed by atoms with Crippen molar-refractivity contribution in [3.05, 3.63) is 29.8 Å². The molecule has 2 aliphatic carbocycles. The Kier molecular flexibility index (Phi) is 5.08. The summed E-state index contributed by atoms with van der Waals surface area (Å²) < 4.78 is 5.28. The van der Waals surface area contributed by atoms with Crippen molar-refractivity contribution in [2.75, 3.05) is 33.3 Å². The van der Waals surface area contributed by atoms with Crippen LogP contribution in [0.2, 0.25) is 0 Å². The van der Waals surface area contributed by atoms with Crippen molar-refractivity contribution in [1.82, 2.24) is 9.80 Å².